The van der Waals surface area contributed by atoms with E-state index in [1.54, 1.807) is 7.11 Å². The minimum Gasteiger partial charge on any atom is -0.496 e. The van der Waals surface area contributed by atoms with Gasteiger partial charge in [0.2, 0.25) is 0 Å². The van der Waals surface area contributed by atoms with Crippen LogP contribution in [-0.2, 0) is 6.54 Å². The molecule has 2 N–H and O–H groups in total. The van der Waals surface area contributed by atoms with Gasteiger partial charge in [0.25, 0.3) is 0 Å². The third-order valence-electron chi connectivity index (χ3n) is 4.51. The number of benzene rings is 2. The molecule has 1 saturated heterocycles. The summed E-state index contributed by atoms with van der Waals surface area (Å²) in [6.07, 6.45) is 1.09. The van der Waals surface area contributed by atoms with Gasteiger partial charge in [0.1, 0.15) is 5.75 Å². The van der Waals surface area contributed by atoms with Crippen LogP contribution in [0.4, 0.5) is 0 Å². The lowest BCUT2D eigenvalue weighted by molar-refractivity contribution is 0.252. The van der Waals surface area contributed by atoms with Crippen molar-refractivity contribution in [3.63, 3.8) is 0 Å². The molecular formula is C17H22N2O. The number of hydrogen-bond acceptors (Lipinski definition) is 3. The van der Waals surface area contributed by atoms with Gasteiger partial charge in [0.05, 0.1) is 7.11 Å². The number of rotatable bonds is 3. The summed E-state index contributed by atoms with van der Waals surface area (Å²) in [6.45, 7) is 4.27. The molecule has 0 bridgehead atoms. The predicted molar refractivity (Wildman–Crippen MR) is 83.0 cm³/mol. The zero-order valence-corrected chi connectivity index (χ0v) is 12.2. The van der Waals surface area contributed by atoms with Crippen molar-refractivity contribution < 1.29 is 4.74 Å². The Morgan fingerprint density at radius 1 is 1.20 bits per heavy atom. The van der Waals surface area contributed by atoms with Crippen molar-refractivity contribution in [2.45, 2.75) is 32.0 Å². The summed E-state index contributed by atoms with van der Waals surface area (Å²) in [5, 5.41) is 2.46. The van der Waals surface area contributed by atoms with Crippen LogP contribution in [0.25, 0.3) is 10.8 Å². The van der Waals surface area contributed by atoms with E-state index >= 15 is 0 Å². The summed E-state index contributed by atoms with van der Waals surface area (Å²) in [6, 6.07) is 13.4. The first-order chi connectivity index (χ1) is 9.70. The van der Waals surface area contributed by atoms with Gasteiger partial charge in [-0.3, -0.25) is 4.90 Å². The summed E-state index contributed by atoms with van der Waals surface area (Å²) in [4.78, 5) is 2.47. The maximum absolute atomic E-state index is 6.12. The van der Waals surface area contributed by atoms with E-state index in [1.807, 2.05) is 0 Å². The average molecular weight is 270 g/mol. The molecule has 3 heteroatoms. The van der Waals surface area contributed by atoms with Crippen molar-refractivity contribution in [3.8, 4) is 5.75 Å². The lowest BCUT2D eigenvalue weighted by atomic mass is 10.0. The standard InChI is InChI=1S/C17H22N2O/c1-12-16(18)9-10-19(12)11-13-7-8-17(20-2)15-6-4-3-5-14(13)15/h3-8,12,16H,9-11,18H2,1-2H3. The first-order valence-corrected chi connectivity index (χ1v) is 7.25. The van der Waals surface area contributed by atoms with Gasteiger partial charge in [-0.15, -0.1) is 0 Å². The molecule has 0 aromatic heterocycles. The number of likely N-dealkylation sites (tertiary alicyclic amines) is 1. The Kier molecular flexibility index (Phi) is 3.64. The minimum atomic E-state index is 0.305. The second kappa shape index (κ2) is 5.43. The second-order valence-electron chi connectivity index (χ2n) is 5.64. The van der Waals surface area contributed by atoms with Crippen LogP contribution in [0.5, 0.6) is 5.75 Å². The van der Waals surface area contributed by atoms with Crippen molar-refractivity contribution >= 4 is 10.8 Å². The monoisotopic (exact) mass is 270 g/mol. The molecule has 1 fully saturated rings. The van der Waals surface area contributed by atoms with E-state index in [0.29, 0.717) is 12.1 Å². The number of hydrogen-bond donors (Lipinski definition) is 1. The molecule has 2 unspecified atom stereocenters. The van der Waals surface area contributed by atoms with Gasteiger partial charge in [-0.05, 0) is 30.4 Å². The van der Waals surface area contributed by atoms with Crippen LogP contribution in [0.2, 0.25) is 0 Å². The Morgan fingerprint density at radius 2 is 1.95 bits per heavy atom. The van der Waals surface area contributed by atoms with Crippen LogP contribution in [-0.4, -0.2) is 30.6 Å². The molecule has 2 aromatic carbocycles. The quantitative estimate of drug-likeness (QED) is 0.932. The largest absolute Gasteiger partial charge is 0.496 e. The van der Waals surface area contributed by atoms with E-state index in [4.69, 9.17) is 10.5 Å². The van der Waals surface area contributed by atoms with Gasteiger partial charge in [-0.25, -0.2) is 0 Å². The number of methoxy groups -OCH3 is 1. The van der Waals surface area contributed by atoms with Gasteiger partial charge in [-0.2, -0.15) is 0 Å². The average Bonchev–Trinajstić information content (AvgIpc) is 2.79. The fourth-order valence-corrected chi connectivity index (χ4v) is 3.12. The molecule has 2 atom stereocenters. The molecule has 1 aliphatic rings. The molecule has 0 aliphatic carbocycles. The molecule has 0 spiro atoms. The Bertz CT molecular complexity index is 611. The van der Waals surface area contributed by atoms with Crippen LogP contribution < -0.4 is 10.5 Å². The van der Waals surface area contributed by atoms with Gasteiger partial charge in [0.15, 0.2) is 0 Å². The lowest BCUT2D eigenvalue weighted by Gasteiger charge is -2.24. The van der Waals surface area contributed by atoms with Crippen LogP contribution in [0.3, 0.4) is 0 Å². The Morgan fingerprint density at radius 3 is 2.60 bits per heavy atom. The summed E-state index contributed by atoms with van der Waals surface area (Å²) >= 11 is 0. The molecule has 0 amide bonds. The van der Waals surface area contributed by atoms with Crippen LogP contribution in [0, 0.1) is 0 Å². The molecule has 3 rings (SSSR count). The molecule has 0 radical (unpaired) electrons. The zero-order chi connectivity index (χ0) is 14.1. The van der Waals surface area contributed by atoms with E-state index in [1.165, 1.54) is 16.3 Å². The van der Waals surface area contributed by atoms with Gasteiger partial charge >= 0.3 is 0 Å². The van der Waals surface area contributed by atoms with E-state index in [-0.39, 0.29) is 0 Å². The first kappa shape index (κ1) is 13.4. The predicted octanol–water partition coefficient (Wildman–Crippen LogP) is 2.77. The summed E-state index contributed by atoms with van der Waals surface area (Å²) in [5.41, 5.74) is 7.47. The number of nitrogens with zero attached hydrogens (tertiary/aromatic N) is 1. The fourth-order valence-electron chi connectivity index (χ4n) is 3.12. The Balaban J connectivity index is 1.96. The third-order valence-corrected chi connectivity index (χ3v) is 4.51. The topological polar surface area (TPSA) is 38.5 Å². The first-order valence-electron chi connectivity index (χ1n) is 7.25. The highest BCUT2D eigenvalue weighted by Crippen LogP contribution is 2.30. The maximum Gasteiger partial charge on any atom is 0.126 e. The summed E-state index contributed by atoms with van der Waals surface area (Å²) in [5.74, 6) is 0.940. The van der Waals surface area contributed by atoms with Crippen LogP contribution in [0.1, 0.15) is 18.9 Å². The molecule has 20 heavy (non-hydrogen) atoms. The Labute approximate surface area is 120 Å². The van der Waals surface area contributed by atoms with Gasteiger partial charge < -0.3 is 10.5 Å². The maximum atomic E-state index is 6.12. The second-order valence-corrected chi connectivity index (χ2v) is 5.64. The van der Waals surface area contributed by atoms with E-state index in [9.17, 15) is 0 Å². The lowest BCUT2D eigenvalue weighted by Crippen LogP contribution is -2.36. The molecular weight excluding hydrogens is 248 g/mol. The van der Waals surface area contributed by atoms with Gasteiger partial charge in [-0.1, -0.05) is 30.3 Å². The number of ether oxygens (including phenoxy) is 1. The SMILES string of the molecule is COc1ccc(CN2CCC(N)C2C)c2ccccc12. The van der Waals surface area contributed by atoms with Crippen LogP contribution >= 0.6 is 0 Å². The highest BCUT2D eigenvalue weighted by molar-refractivity contribution is 5.91. The van der Waals surface area contributed by atoms with Gasteiger partial charge in [0, 0.05) is 30.6 Å². The minimum absolute atomic E-state index is 0.305. The third kappa shape index (κ3) is 2.28. The zero-order valence-electron chi connectivity index (χ0n) is 12.2. The van der Waals surface area contributed by atoms with Crippen molar-refractivity contribution in [1.29, 1.82) is 0 Å². The molecule has 1 aliphatic heterocycles. The van der Waals surface area contributed by atoms with E-state index in [2.05, 4.69) is 48.2 Å². The number of fused-ring (bicyclic) bond motifs is 1. The normalized spacial score (nSPS) is 23.4. The number of nitrogens with two attached hydrogens (primary N) is 1. The van der Waals surface area contributed by atoms with Crippen molar-refractivity contribution in [2.75, 3.05) is 13.7 Å². The van der Waals surface area contributed by atoms with Crippen molar-refractivity contribution in [3.05, 3.63) is 42.0 Å². The fraction of sp³-hybridized carbons (Fsp3) is 0.412. The highest BCUT2D eigenvalue weighted by Gasteiger charge is 2.27. The van der Waals surface area contributed by atoms with Crippen LogP contribution in [0.15, 0.2) is 36.4 Å². The Hall–Kier alpha value is -1.58. The molecule has 1 heterocycles. The van der Waals surface area contributed by atoms with E-state index in [0.717, 1.165) is 25.3 Å². The molecule has 3 nitrogen and oxygen atoms in total. The summed E-state index contributed by atoms with van der Waals surface area (Å²) in [7, 11) is 1.73. The van der Waals surface area contributed by atoms with E-state index < -0.39 is 0 Å². The molecule has 0 saturated carbocycles. The molecule has 106 valence electrons. The molecule has 2 aromatic rings. The highest BCUT2D eigenvalue weighted by atomic mass is 16.5. The van der Waals surface area contributed by atoms with Crippen molar-refractivity contribution in [2.24, 2.45) is 5.73 Å². The van der Waals surface area contributed by atoms with Crippen molar-refractivity contribution in [1.82, 2.24) is 4.90 Å². The summed E-state index contributed by atoms with van der Waals surface area (Å²) < 4.78 is 5.46. The smallest absolute Gasteiger partial charge is 0.126 e.